The number of non-ortho nitro benzene ring substituents is 1. The minimum atomic E-state index is -0.784. The highest BCUT2D eigenvalue weighted by Crippen LogP contribution is 2.28. The molecule has 3 rings (SSSR count). The third kappa shape index (κ3) is 4.62. The van der Waals surface area contributed by atoms with E-state index < -0.39 is 16.5 Å². The number of aromatic nitrogens is 3. The standard InChI is InChI=1S/C18H13N5O6S/c1-28-15-7-11(9-20-22-16(24)10-19-21-18(22)30)5-6-14(15)29-17(25)12-3-2-4-13(8-12)23(26)27/h2-10H,1H3,(H,21,30)/b20-9+. The summed E-state index contributed by atoms with van der Waals surface area (Å²) < 4.78 is 11.5. The van der Waals surface area contributed by atoms with Crippen molar-refractivity contribution in [1.29, 1.82) is 0 Å². The third-order valence-corrected chi connectivity index (χ3v) is 4.01. The number of ether oxygens (including phenoxy) is 2. The van der Waals surface area contributed by atoms with Crippen LogP contribution in [0.1, 0.15) is 15.9 Å². The van der Waals surface area contributed by atoms with Gasteiger partial charge >= 0.3 is 5.97 Å². The Bertz CT molecular complexity index is 1240. The molecule has 0 fully saturated rings. The van der Waals surface area contributed by atoms with Crippen LogP contribution in [0.4, 0.5) is 5.69 Å². The molecule has 0 atom stereocenters. The Morgan fingerprint density at radius 2 is 2.10 bits per heavy atom. The zero-order valence-electron chi connectivity index (χ0n) is 15.3. The minimum Gasteiger partial charge on any atom is -0.493 e. The van der Waals surface area contributed by atoms with E-state index in [2.05, 4.69) is 15.3 Å². The topological polar surface area (TPSA) is 142 Å². The number of methoxy groups -OCH3 is 1. The highest BCUT2D eigenvalue weighted by Gasteiger charge is 2.16. The molecule has 0 saturated heterocycles. The first kappa shape index (κ1) is 20.5. The number of hydrogen-bond donors (Lipinski definition) is 1. The molecule has 3 aromatic rings. The molecule has 1 N–H and O–H groups in total. The molecule has 0 bridgehead atoms. The maximum atomic E-state index is 12.3. The van der Waals surface area contributed by atoms with Crippen LogP contribution in [0.3, 0.4) is 0 Å². The molecule has 0 saturated carbocycles. The summed E-state index contributed by atoms with van der Waals surface area (Å²) in [7, 11) is 1.38. The summed E-state index contributed by atoms with van der Waals surface area (Å²) in [5.74, 6) is -0.470. The number of rotatable bonds is 6. The second-order valence-corrected chi connectivity index (χ2v) is 6.06. The van der Waals surface area contributed by atoms with Gasteiger partial charge in [0.2, 0.25) is 4.77 Å². The maximum Gasteiger partial charge on any atom is 0.343 e. The average Bonchev–Trinajstić information content (AvgIpc) is 2.74. The summed E-state index contributed by atoms with van der Waals surface area (Å²) >= 11 is 4.95. The van der Waals surface area contributed by atoms with Gasteiger partial charge in [-0.15, -0.1) is 0 Å². The van der Waals surface area contributed by atoms with Crippen molar-refractivity contribution in [3.05, 3.63) is 85.0 Å². The number of hydrogen-bond acceptors (Lipinski definition) is 9. The highest BCUT2D eigenvalue weighted by molar-refractivity contribution is 7.71. The van der Waals surface area contributed by atoms with Crippen molar-refractivity contribution in [3.8, 4) is 11.5 Å². The smallest absolute Gasteiger partial charge is 0.343 e. The van der Waals surface area contributed by atoms with Crippen molar-refractivity contribution < 1.29 is 19.2 Å². The van der Waals surface area contributed by atoms with Crippen LogP contribution in [0, 0.1) is 14.9 Å². The Balaban J connectivity index is 1.84. The van der Waals surface area contributed by atoms with Crippen LogP contribution in [-0.4, -0.2) is 39.1 Å². The number of nitrogens with one attached hydrogen (secondary N) is 1. The molecule has 1 aromatic heterocycles. The molecule has 152 valence electrons. The van der Waals surface area contributed by atoms with E-state index in [-0.39, 0.29) is 27.5 Å². The molecule has 11 nitrogen and oxygen atoms in total. The van der Waals surface area contributed by atoms with E-state index in [0.717, 1.165) is 16.9 Å². The molecular formula is C18H13N5O6S. The van der Waals surface area contributed by atoms with Gasteiger partial charge in [0.05, 0.1) is 23.8 Å². The van der Waals surface area contributed by atoms with Crippen molar-refractivity contribution in [2.75, 3.05) is 7.11 Å². The largest absolute Gasteiger partial charge is 0.493 e. The second-order valence-electron chi connectivity index (χ2n) is 5.68. The number of nitrogens with zero attached hydrogens (tertiary/aromatic N) is 4. The fourth-order valence-corrected chi connectivity index (χ4v) is 2.52. The predicted molar refractivity (Wildman–Crippen MR) is 108 cm³/mol. The molecule has 30 heavy (non-hydrogen) atoms. The zero-order chi connectivity index (χ0) is 21.7. The average molecular weight is 427 g/mol. The van der Waals surface area contributed by atoms with Gasteiger partial charge in [-0.1, -0.05) is 6.07 Å². The lowest BCUT2D eigenvalue weighted by molar-refractivity contribution is -0.384. The van der Waals surface area contributed by atoms with Gasteiger partial charge in [-0.2, -0.15) is 14.9 Å². The first-order valence-corrected chi connectivity index (χ1v) is 8.65. The van der Waals surface area contributed by atoms with Crippen molar-refractivity contribution in [2.45, 2.75) is 0 Å². The Morgan fingerprint density at radius 1 is 1.30 bits per heavy atom. The summed E-state index contributed by atoms with van der Waals surface area (Å²) in [6.07, 6.45) is 2.39. The minimum absolute atomic E-state index is 0.0168. The number of aromatic amines is 1. The van der Waals surface area contributed by atoms with Crippen molar-refractivity contribution in [2.24, 2.45) is 5.10 Å². The van der Waals surface area contributed by atoms with Crippen molar-refractivity contribution >= 4 is 30.1 Å². The van der Waals surface area contributed by atoms with Gasteiger partial charge in [0.1, 0.15) is 6.20 Å². The molecule has 12 heteroatoms. The number of nitro benzene ring substituents is 1. The normalized spacial score (nSPS) is 10.7. The summed E-state index contributed by atoms with van der Waals surface area (Å²) in [5, 5.41) is 20.9. The van der Waals surface area contributed by atoms with Gasteiger partial charge in [0.15, 0.2) is 11.5 Å². The van der Waals surface area contributed by atoms with Gasteiger partial charge in [-0.3, -0.25) is 20.0 Å². The maximum absolute atomic E-state index is 12.3. The molecule has 0 aliphatic carbocycles. The molecule has 0 radical (unpaired) electrons. The molecule has 0 amide bonds. The molecule has 0 spiro atoms. The van der Waals surface area contributed by atoms with Crippen LogP contribution in [0.2, 0.25) is 0 Å². The molecular weight excluding hydrogens is 414 g/mol. The predicted octanol–water partition coefficient (Wildman–Crippen LogP) is 2.32. The van der Waals surface area contributed by atoms with E-state index >= 15 is 0 Å². The van der Waals surface area contributed by atoms with E-state index in [1.807, 2.05) is 0 Å². The molecule has 1 heterocycles. The number of benzene rings is 2. The summed E-state index contributed by atoms with van der Waals surface area (Å²) in [5.41, 5.74) is -0.194. The van der Waals surface area contributed by atoms with Crippen LogP contribution in [-0.2, 0) is 0 Å². The van der Waals surface area contributed by atoms with Crippen LogP contribution < -0.4 is 15.0 Å². The quantitative estimate of drug-likeness (QED) is 0.158. The molecule has 2 aromatic carbocycles. The number of carbonyl (C=O) groups is 1. The van der Waals surface area contributed by atoms with Crippen LogP contribution in [0.25, 0.3) is 0 Å². The first-order valence-electron chi connectivity index (χ1n) is 8.25. The fourth-order valence-electron chi connectivity index (χ4n) is 2.33. The Morgan fingerprint density at radius 3 is 2.80 bits per heavy atom. The van der Waals surface area contributed by atoms with Gasteiger partial charge in [-0.25, -0.2) is 4.79 Å². The fraction of sp³-hybridized carbons (Fsp3) is 0.0556. The second kappa shape index (κ2) is 8.87. The van der Waals surface area contributed by atoms with E-state index in [4.69, 9.17) is 21.7 Å². The van der Waals surface area contributed by atoms with Gasteiger partial charge in [0.25, 0.3) is 11.2 Å². The highest BCUT2D eigenvalue weighted by atomic mass is 32.1. The van der Waals surface area contributed by atoms with Gasteiger partial charge in [-0.05, 0) is 42.0 Å². The molecule has 0 aliphatic heterocycles. The molecule has 0 unspecified atom stereocenters. The van der Waals surface area contributed by atoms with E-state index in [0.29, 0.717) is 5.56 Å². The van der Waals surface area contributed by atoms with Crippen molar-refractivity contribution in [3.63, 3.8) is 0 Å². The number of carbonyl (C=O) groups excluding carboxylic acids is 1. The van der Waals surface area contributed by atoms with Crippen LogP contribution in [0.5, 0.6) is 11.5 Å². The Labute approximate surface area is 173 Å². The summed E-state index contributed by atoms with van der Waals surface area (Å²) in [6, 6.07) is 9.73. The van der Waals surface area contributed by atoms with E-state index in [9.17, 15) is 19.7 Å². The van der Waals surface area contributed by atoms with Crippen LogP contribution >= 0.6 is 12.2 Å². The number of nitro groups is 1. The number of H-pyrrole nitrogens is 1. The van der Waals surface area contributed by atoms with E-state index in [1.54, 1.807) is 6.07 Å². The zero-order valence-corrected chi connectivity index (χ0v) is 16.2. The lowest BCUT2D eigenvalue weighted by Crippen LogP contribution is -2.18. The Hall–Kier alpha value is -4.19. The SMILES string of the molecule is COc1cc(/C=N/n2c(=O)cn[nH]c2=S)ccc1OC(=O)c1cccc([N+](=O)[O-])c1. The monoisotopic (exact) mass is 427 g/mol. The number of esters is 1. The lowest BCUT2D eigenvalue weighted by Gasteiger charge is -2.10. The lowest BCUT2D eigenvalue weighted by atomic mass is 10.2. The van der Waals surface area contributed by atoms with Gasteiger partial charge < -0.3 is 9.47 Å². The first-order chi connectivity index (χ1) is 14.4. The summed E-state index contributed by atoms with van der Waals surface area (Å²) in [6.45, 7) is 0. The van der Waals surface area contributed by atoms with Gasteiger partial charge in [0, 0.05) is 12.1 Å². The third-order valence-electron chi connectivity index (χ3n) is 3.74. The Kier molecular flexibility index (Phi) is 6.08. The summed E-state index contributed by atoms with van der Waals surface area (Å²) in [4.78, 5) is 34.3. The molecule has 0 aliphatic rings. The van der Waals surface area contributed by atoms with Crippen molar-refractivity contribution in [1.82, 2.24) is 14.9 Å². The van der Waals surface area contributed by atoms with Crippen LogP contribution in [0.15, 0.2) is 58.6 Å². The van der Waals surface area contributed by atoms with E-state index in [1.165, 1.54) is 43.7 Å².